The van der Waals surface area contributed by atoms with E-state index in [4.69, 9.17) is 9.32 Å². The number of hydrogen-bond donors (Lipinski definition) is 2. The third kappa shape index (κ3) is 3.06. The van der Waals surface area contributed by atoms with Gasteiger partial charge in [-0.3, -0.25) is 4.79 Å². The smallest absolute Gasteiger partial charge is 0.371 e. The Morgan fingerprint density at radius 2 is 2.11 bits per heavy atom. The van der Waals surface area contributed by atoms with Crippen LogP contribution >= 0.6 is 0 Å². The molecule has 7 heteroatoms. The van der Waals surface area contributed by atoms with Gasteiger partial charge in [-0.15, -0.1) is 0 Å². The SMILES string of the molecule is CNC(=O)C1=CC[C@H]2[C@@H]3CCc4cc(OS(N)(=O)=O)ccc4[C@H]3CC[C@]12C. The molecule has 0 saturated heterocycles. The van der Waals surface area contributed by atoms with E-state index in [1.807, 2.05) is 12.1 Å². The Morgan fingerprint density at radius 3 is 2.81 bits per heavy atom. The first-order valence-corrected chi connectivity index (χ1v) is 11.0. The van der Waals surface area contributed by atoms with E-state index in [9.17, 15) is 13.2 Å². The lowest BCUT2D eigenvalue weighted by atomic mass is 9.54. The van der Waals surface area contributed by atoms with Crippen LogP contribution in [0, 0.1) is 17.3 Å². The van der Waals surface area contributed by atoms with E-state index in [0.717, 1.165) is 43.2 Å². The number of carbonyl (C=O) groups is 1. The fraction of sp³-hybridized carbons (Fsp3) is 0.550. The number of fused-ring (bicyclic) bond motifs is 5. The summed E-state index contributed by atoms with van der Waals surface area (Å²) in [5.74, 6) is 1.81. The van der Waals surface area contributed by atoms with Crippen molar-refractivity contribution in [3.63, 3.8) is 0 Å². The highest BCUT2D eigenvalue weighted by Crippen LogP contribution is 2.61. The standard InChI is InChI=1S/C20H26N2O4S/c1-20-10-9-15-14-6-4-13(26-27(21,24)25)11-12(14)3-5-16(15)17(20)7-8-18(20)19(23)22-2/h4,6,8,11,15-17H,3,5,7,9-10H2,1-2H3,(H,22,23)(H2,21,24,25)/t15-,16-,17+,20+/m1/s1. The normalized spacial score (nSPS) is 32.0. The van der Waals surface area contributed by atoms with Crippen molar-refractivity contribution < 1.29 is 17.4 Å². The lowest BCUT2D eigenvalue weighted by Gasteiger charge is -2.50. The molecule has 27 heavy (non-hydrogen) atoms. The van der Waals surface area contributed by atoms with Gasteiger partial charge in [0.15, 0.2) is 0 Å². The van der Waals surface area contributed by atoms with Crippen LogP contribution in [0.15, 0.2) is 29.8 Å². The quantitative estimate of drug-likeness (QED) is 0.828. The number of allylic oxidation sites excluding steroid dienone is 1. The van der Waals surface area contributed by atoms with Crippen LogP contribution in [0.2, 0.25) is 0 Å². The van der Waals surface area contributed by atoms with Gasteiger partial charge in [0.1, 0.15) is 5.75 Å². The lowest BCUT2D eigenvalue weighted by Crippen LogP contribution is -2.43. The Kier molecular flexibility index (Phi) is 4.35. The van der Waals surface area contributed by atoms with E-state index in [1.165, 1.54) is 5.56 Å². The van der Waals surface area contributed by atoms with Gasteiger partial charge in [0, 0.05) is 18.0 Å². The Hall–Kier alpha value is -1.86. The molecule has 1 aromatic rings. The van der Waals surface area contributed by atoms with Crippen LogP contribution in [0.25, 0.3) is 0 Å². The fourth-order valence-electron chi connectivity index (χ4n) is 5.80. The van der Waals surface area contributed by atoms with E-state index in [0.29, 0.717) is 17.8 Å². The molecule has 0 radical (unpaired) electrons. The summed E-state index contributed by atoms with van der Waals surface area (Å²) >= 11 is 0. The molecule has 0 aromatic heterocycles. The van der Waals surface area contributed by atoms with Gasteiger partial charge in [0.05, 0.1) is 0 Å². The number of likely N-dealkylation sites (N-methyl/N-ethyl adjacent to an activating group) is 1. The van der Waals surface area contributed by atoms with Gasteiger partial charge >= 0.3 is 10.3 Å². The molecule has 1 amide bonds. The minimum atomic E-state index is -4.01. The molecule has 1 saturated carbocycles. The van der Waals surface area contributed by atoms with Crippen molar-refractivity contribution in [1.29, 1.82) is 0 Å². The van der Waals surface area contributed by atoms with Crippen LogP contribution in [-0.2, 0) is 21.5 Å². The maximum absolute atomic E-state index is 12.3. The second-order valence-corrected chi connectivity index (χ2v) is 9.39. The number of rotatable bonds is 3. The van der Waals surface area contributed by atoms with Gasteiger partial charge < -0.3 is 9.50 Å². The number of amides is 1. The van der Waals surface area contributed by atoms with E-state index >= 15 is 0 Å². The molecule has 0 aliphatic heterocycles. The molecule has 4 rings (SSSR count). The van der Waals surface area contributed by atoms with Crippen molar-refractivity contribution in [3.05, 3.63) is 41.0 Å². The van der Waals surface area contributed by atoms with Crippen molar-refractivity contribution in [2.45, 2.75) is 44.9 Å². The first-order chi connectivity index (χ1) is 12.7. The Morgan fingerprint density at radius 1 is 1.33 bits per heavy atom. The zero-order valence-corrected chi connectivity index (χ0v) is 16.5. The van der Waals surface area contributed by atoms with Crippen LogP contribution in [0.4, 0.5) is 0 Å². The molecule has 146 valence electrons. The number of hydrogen-bond acceptors (Lipinski definition) is 4. The summed E-state index contributed by atoms with van der Waals surface area (Å²) in [7, 11) is -2.31. The van der Waals surface area contributed by atoms with Crippen molar-refractivity contribution in [2.75, 3.05) is 7.05 Å². The average Bonchev–Trinajstić information content (AvgIpc) is 2.96. The molecule has 0 spiro atoms. The largest absolute Gasteiger partial charge is 0.380 e. The third-order valence-electron chi connectivity index (χ3n) is 6.96. The highest BCUT2D eigenvalue weighted by molar-refractivity contribution is 7.84. The van der Waals surface area contributed by atoms with Gasteiger partial charge in [-0.1, -0.05) is 19.1 Å². The lowest BCUT2D eigenvalue weighted by molar-refractivity contribution is -0.118. The highest BCUT2D eigenvalue weighted by Gasteiger charge is 2.53. The van der Waals surface area contributed by atoms with Crippen molar-refractivity contribution in [1.82, 2.24) is 5.32 Å². The molecule has 4 atom stereocenters. The minimum Gasteiger partial charge on any atom is -0.371 e. The predicted octanol–water partition coefficient (Wildman–Crippen LogP) is 2.41. The Labute approximate surface area is 160 Å². The topological polar surface area (TPSA) is 98.5 Å². The molecule has 1 aromatic carbocycles. The summed E-state index contributed by atoms with van der Waals surface area (Å²) < 4.78 is 27.2. The molecular formula is C20H26N2O4S. The average molecular weight is 391 g/mol. The van der Waals surface area contributed by atoms with Crippen molar-refractivity contribution in [3.8, 4) is 5.75 Å². The molecule has 0 heterocycles. The van der Waals surface area contributed by atoms with E-state index in [-0.39, 0.29) is 17.1 Å². The van der Waals surface area contributed by atoms with Crippen LogP contribution < -0.4 is 14.6 Å². The summed E-state index contributed by atoms with van der Waals surface area (Å²) in [6.07, 6.45) is 7.07. The van der Waals surface area contributed by atoms with E-state index < -0.39 is 10.3 Å². The summed E-state index contributed by atoms with van der Waals surface area (Å²) in [5, 5.41) is 7.78. The molecule has 3 aliphatic carbocycles. The first kappa shape index (κ1) is 18.5. The number of aryl methyl sites for hydroxylation is 1. The molecule has 0 unspecified atom stereocenters. The zero-order chi connectivity index (χ0) is 19.4. The van der Waals surface area contributed by atoms with Crippen molar-refractivity contribution in [2.24, 2.45) is 22.4 Å². The van der Waals surface area contributed by atoms with E-state index in [2.05, 4.69) is 18.3 Å². The summed E-state index contributed by atoms with van der Waals surface area (Å²) in [4.78, 5) is 12.3. The fourth-order valence-corrected chi connectivity index (χ4v) is 6.17. The van der Waals surface area contributed by atoms with Crippen LogP contribution in [0.5, 0.6) is 5.75 Å². The summed E-state index contributed by atoms with van der Waals surface area (Å²) in [6, 6.07) is 5.51. The third-order valence-corrected chi connectivity index (χ3v) is 7.39. The van der Waals surface area contributed by atoms with Gasteiger partial charge in [-0.25, -0.2) is 0 Å². The zero-order valence-electron chi connectivity index (χ0n) is 15.7. The van der Waals surface area contributed by atoms with Crippen LogP contribution in [-0.4, -0.2) is 21.4 Å². The van der Waals surface area contributed by atoms with Gasteiger partial charge in [-0.2, -0.15) is 13.6 Å². The Balaban J connectivity index is 1.61. The van der Waals surface area contributed by atoms with Gasteiger partial charge in [0.25, 0.3) is 0 Å². The number of benzene rings is 1. The van der Waals surface area contributed by atoms with E-state index in [1.54, 1.807) is 13.1 Å². The molecule has 0 bridgehead atoms. The molecule has 1 fully saturated rings. The molecule has 6 nitrogen and oxygen atoms in total. The first-order valence-electron chi connectivity index (χ1n) is 9.50. The van der Waals surface area contributed by atoms with Gasteiger partial charge in [-0.05, 0) is 73.1 Å². The maximum Gasteiger partial charge on any atom is 0.380 e. The van der Waals surface area contributed by atoms with Crippen LogP contribution in [0.3, 0.4) is 0 Å². The molecule has 3 aliphatic rings. The van der Waals surface area contributed by atoms with Crippen molar-refractivity contribution >= 4 is 16.2 Å². The summed E-state index contributed by atoms with van der Waals surface area (Å²) in [6.45, 7) is 2.25. The van der Waals surface area contributed by atoms with Gasteiger partial charge in [0.2, 0.25) is 5.91 Å². The van der Waals surface area contributed by atoms with Crippen LogP contribution in [0.1, 0.15) is 49.7 Å². The number of nitrogens with one attached hydrogen (secondary N) is 1. The maximum atomic E-state index is 12.3. The summed E-state index contributed by atoms with van der Waals surface area (Å²) in [5.41, 5.74) is 3.35. The minimum absolute atomic E-state index is 0.0462. The highest BCUT2D eigenvalue weighted by atomic mass is 32.2. The number of nitrogens with two attached hydrogens (primary N) is 1. The monoisotopic (exact) mass is 390 g/mol. The second-order valence-electron chi connectivity index (χ2n) is 8.24. The molecular weight excluding hydrogens is 364 g/mol. The predicted molar refractivity (Wildman–Crippen MR) is 102 cm³/mol. The Bertz CT molecular complexity index is 924. The molecule has 3 N–H and O–H groups in total. The second kappa shape index (κ2) is 6.34. The number of carbonyl (C=O) groups excluding carboxylic acids is 1.